The lowest BCUT2D eigenvalue weighted by molar-refractivity contribution is -0.116. The summed E-state index contributed by atoms with van der Waals surface area (Å²) in [6, 6.07) is 12.8. The Morgan fingerprint density at radius 2 is 1.83 bits per heavy atom. The van der Waals surface area contributed by atoms with Crippen molar-refractivity contribution < 1.29 is 18.8 Å². The number of amides is 2. The molecule has 8 nitrogen and oxygen atoms in total. The molecule has 0 aliphatic rings. The molecule has 0 aliphatic carbocycles. The standard InChI is InChI=1S/C22H24N4O4/c1-4-29-17-8-6-16(7-9-17)22-25-21(30-26-22)12-11-20(28)24-19-13-14(2)5-10-18(19)23-15(3)27/h5-10,13H,4,11-12H2,1-3H3,(H,23,27)(H,24,28). The highest BCUT2D eigenvalue weighted by Gasteiger charge is 2.13. The molecule has 0 spiro atoms. The van der Waals surface area contributed by atoms with Gasteiger partial charge in [-0.2, -0.15) is 4.98 Å². The number of benzene rings is 2. The van der Waals surface area contributed by atoms with Crippen LogP contribution in [-0.2, 0) is 16.0 Å². The van der Waals surface area contributed by atoms with Crippen molar-refractivity contribution >= 4 is 23.2 Å². The third kappa shape index (κ3) is 5.66. The maximum absolute atomic E-state index is 12.4. The number of aromatic nitrogens is 2. The first-order valence-corrected chi connectivity index (χ1v) is 9.68. The van der Waals surface area contributed by atoms with Gasteiger partial charge in [0.05, 0.1) is 18.0 Å². The van der Waals surface area contributed by atoms with Gasteiger partial charge < -0.3 is 19.9 Å². The summed E-state index contributed by atoms with van der Waals surface area (Å²) in [6.07, 6.45) is 0.468. The van der Waals surface area contributed by atoms with Crippen LogP contribution in [0.4, 0.5) is 11.4 Å². The van der Waals surface area contributed by atoms with Gasteiger partial charge in [0.15, 0.2) is 0 Å². The van der Waals surface area contributed by atoms with E-state index in [2.05, 4.69) is 20.8 Å². The highest BCUT2D eigenvalue weighted by molar-refractivity contribution is 5.99. The minimum atomic E-state index is -0.215. The number of aryl methyl sites for hydroxylation is 2. The van der Waals surface area contributed by atoms with Crippen LogP contribution in [0.5, 0.6) is 5.75 Å². The van der Waals surface area contributed by atoms with E-state index in [0.29, 0.717) is 36.1 Å². The zero-order valence-corrected chi connectivity index (χ0v) is 17.2. The normalized spacial score (nSPS) is 10.5. The quantitative estimate of drug-likeness (QED) is 0.584. The van der Waals surface area contributed by atoms with Crippen LogP contribution in [-0.4, -0.2) is 28.6 Å². The second-order valence-electron chi connectivity index (χ2n) is 6.75. The molecule has 0 bridgehead atoms. The van der Waals surface area contributed by atoms with Gasteiger partial charge in [-0.15, -0.1) is 0 Å². The number of anilines is 2. The summed E-state index contributed by atoms with van der Waals surface area (Å²) in [5.74, 6) is 1.19. The number of rotatable bonds is 8. The predicted octanol–water partition coefficient (Wildman–Crippen LogP) is 3.97. The van der Waals surface area contributed by atoms with Crippen LogP contribution in [0.1, 0.15) is 31.7 Å². The Balaban J connectivity index is 1.59. The smallest absolute Gasteiger partial charge is 0.227 e. The molecule has 3 aromatic rings. The minimum Gasteiger partial charge on any atom is -0.494 e. The monoisotopic (exact) mass is 408 g/mol. The lowest BCUT2D eigenvalue weighted by Gasteiger charge is -2.12. The lowest BCUT2D eigenvalue weighted by atomic mass is 10.1. The molecule has 3 rings (SSSR count). The van der Waals surface area contributed by atoms with Crippen molar-refractivity contribution in [3.63, 3.8) is 0 Å². The first kappa shape index (κ1) is 21.0. The number of hydrogen-bond acceptors (Lipinski definition) is 6. The van der Waals surface area contributed by atoms with Gasteiger partial charge in [0.2, 0.25) is 23.5 Å². The van der Waals surface area contributed by atoms with Crippen LogP contribution in [0.2, 0.25) is 0 Å². The van der Waals surface area contributed by atoms with Crippen LogP contribution in [0.25, 0.3) is 11.4 Å². The van der Waals surface area contributed by atoms with Crippen molar-refractivity contribution in [3.8, 4) is 17.1 Å². The minimum absolute atomic E-state index is 0.165. The Hall–Kier alpha value is -3.68. The molecule has 156 valence electrons. The van der Waals surface area contributed by atoms with Crippen LogP contribution >= 0.6 is 0 Å². The molecule has 0 saturated heterocycles. The van der Waals surface area contributed by atoms with E-state index < -0.39 is 0 Å². The summed E-state index contributed by atoms with van der Waals surface area (Å²) in [6.45, 7) is 5.86. The summed E-state index contributed by atoms with van der Waals surface area (Å²) in [5.41, 5.74) is 2.88. The van der Waals surface area contributed by atoms with Gasteiger partial charge in [0.25, 0.3) is 0 Å². The van der Waals surface area contributed by atoms with E-state index in [1.165, 1.54) is 6.92 Å². The van der Waals surface area contributed by atoms with Gasteiger partial charge in [-0.05, 0) is 55.8 Å². The average molecular weight is 408 g/mol. The van der Waals surface area contributed by atoms with E-state index in [-0.39, 0.29) is 18.2 Å². The predicted molar refractivity (Wildman–Crippen MR) is 113 cm³/mol. The van der Waals surface area contributed by atoms with Crippen molar-refractivity contribution in [1.29, 1.82) is 0 Å². The largest absolute Gasteiger partial charge is 0.494 e. The third-order valence-corrected chi connectivity index (χ3v) is 4.22. The van der Waals surface area contributed by atoms with E-state index in [1.807, 2.05) is 44.2 Å². The summed E-state index contributed by atoms with van der Waals surface area (Å²) < 4.78 is 10.7. The lowest BCUT2D eigenvalue weighted by Crippen LogP contribution is -2.15. The number of nitrogens with zero attached hydrogens (tertiary/aromatic N) is 2. The second-order valence-corrected chi connectivity index (χ2v) is 6.75. The molecule has 1 heterocycles. The van der Waals surface area contributed by atoms with Crippen LogP contribution in [0.3, 0.4) is 0 Å². The molecule has 1 aromatic heterocycles. The van der Waals surface area contributed by atoms with Gasteiger partial charge in [-0.1, -0.05) is 11.2 Å². The molecule has 2 aromatic carbocycles. The first-order valence-electron chi connectivity index (χ1n) is 9.68. The molecular weight excluding hydrogens is 384 g/mol. The first-order chi connectivity index (χ1) is 14.4. The molecule has 0 radical (unpaired) electrons. The van der Waals surface area contributed by atoms with Crippen molar-refractivity contribution in [3.05, 3.63) is 53.9 Å². The molecule has 0 saturated carbocycles. The fraction of sp³-hybridized carbons (Fsp3) is 0.273. The van der Waals surface area contributed by atoms with Crippen molar-refractivity contribution in [2.75, 3.05) is 17.2 Å². The Morgan fingerprint density at radius 1 is 1.07 bits per heavy atom. The van der Waals surface area contributed by atoms with Crippen molar-refractivity contribution in [2.45, 2.75) is 33.6 Å². The maximum Gasteiger partial charge on any atom is 0.227 e. The third-order valence-electron chi connectivity index (χ3n) is 4.22. The zero-order valence-electron chi connectivity index (χ0n) is 17.2. The number of carbonyl (C=O) groups excluding carboxylic acids is 2. The molecule has 2 amide bonds. The molecule has 30 heavy (non-hydrogen) atoms. The van der Waals surface area contributed by atoms with Crippen molar-refractivity contribution in [1.82, 2.24) is 10.1 Å². The molecule has 0 aliphatic heterocycles. The van der Waals surface area contributed by atoms with E-state index >= 15 is 0 Å². The molecule has 2 N–H and O–H groups in total. The van der Waals surface area contributed by atoms with Crippen LogP contribution < -0.4 is 15.4 Å². The fourth-order valence-electron chi connectivity index (χ4n) is 2.83. The van der Waals surface area contributed by atoms with Gasteiger partial charge in [-0.25, -0.2) is 0 Å². The molecule has 0 unspecified atom stereocenters. The van der Waals surface area contributed by atoms with E-state index in [9.17, 15) is 9.59 Å². The highest BCUT2D eigenvalue weighted by atomic mass is 16.5. The Kier molecular flexibility index (Phi) is 6.79. The van der Waals surface area contributed by atoms with E-state index in [0.717, 1.165) is 16.9 Å². The highest BCUT2D eigenvalue weighted by Crippen LogP contribution is 2.24. The topological polar surface area (TPSA) is 106 Å². The molecule has 0 atom stereocenters. The van der Waals surface area contributed by atoms with Crippen LogP contribution in [0.15, 0.2) is 47.0 Å². The summed E-state index contributed by atoms with van der Waals surface area (Å²) in [4.78, 5) is 28.1. The SMILES string of the molecule is CCOc1ccc(-c2noc(CCC(=O)Nc3cc(C)ccc3NC(C)=O)n2)cc1. The second kappa shape index (κ2) is 9.69. The van der Waals surface area contributed by atoms with E-state index in [1.54, 1.807) is 12.1 Å². The number of nitrogens with one attached hydrogen (secondary N) is 2. The summed E-state index contributed by atoms with van der Waals surface area (Å²) in [7, 11) is 0. The summed E-state index contributed by atoms with van der Waals surface area (Å²) >= 11 is 0. The molecular formula is C22H24N4O4. The summed E-state index contributed by atoms with van der Waals surface area (Å²) in [5, 5.41) is 9.51. The van der Waals surface area contributed by atoms with Gasteiger partial charge >= 0.3 is 0 Å². The molecule has 0 fully saturated rings. The molecule has 8 heteroatoms. The van der Waals surface area contributed by atoms with E-state index in [4.69, 9.17) is 9.26 Å². The zero-order chi connectivity index (χ0) is 21.5. The van der Waals surface area contributed by atoms with Crippen LogP contribution in [0, 0.1) is 6.92 Å². The fourth-order valence-corrected chi connectivity index (χ4v) is 2.83. The van der Waals surface area contributed by atoms with Gasteiger partial charge in [0, 0.05) is 25.3 Å². The Morgan fingerprint density at radius 3 is 2.53 bits per heavy atom. The van der Waals surface area contributed by atoms with Gasteiger partial charge in [0.1, 0.15) is 5.75 Å². The Labute approximate surface area is 174 Å². The Bertz CT molecular complexity index is 1030. The number of carbonyl (C=O) groups is 2. The number of ether oxygens (including phenoxy) is 1. The van der Waals surface area contributed by atoms with Crippen molar-refractivity contribution in [2.24, 2.45) is 0 Å². The maximum atomic E-state index is 12.4. The average Bonchev–Trinajstić information content (AvgIpc) is 3.18. The van der Waals surface area contributed by atoms with Gasteiger partial charge in [-0.3, -0.25) is 9.59 Å². The number of hydrogen-bond donors (Lipinski definition) is 2.